The van der Waals surface area contributed by atoms with Crippen molar-refractivity contribution in [1.82, 2.24) is 15.2 Å². The van der Waals surface area contributed by atoms with E-state index in [2.05, 4.69) is 15.5 Å². The highest BCUT2D eigenvalue weighted by atomic mass is 35.5. The number of aromatic nitrogens is 3. The number of ketones is 1. The summed E-state index contributed by atoms with van der Waals surface area (Å²) in [5, 5.41) is 11.2. The van der Waals surface area contributed by atoms with E-state index in [0.717, 1.165) is 22.3 Å². The van der Waals surface area contributed by atoms with Gasteiger partial charge in [-0.05, 0) is 35.4 Å². The third-order valence-corrected chi connectivity index (χ3v) is 6.62. The van der Waals surface area contributed by atoms with Gasteiger partial charge in [0.2, 0.25) is 11.6 Å². The van der Waals surface area contributed by atoms with Crippen molar-refractivity contribution in [3.63, 3.8) is 0 Å². The minimum absolute atomic E-state index is 0.0763. The van der Waals surface area contributed by atoms with Crippen LogP contribution in [0.25, 0.3) is 44.6 Å². The number of hydrogen-bond acceptors (Lipinski definition) is 5. The Morgan fingerprint density at radius 3 is 2.35 bits per heavy atom. The van der Waals surface area contributed by atoms with E-state index in [1.54, 1.807) is 38.4 Å². The van der Waals surface area contributed by atoms with Crippen LogP contribution >= 0.6 is 23.2 Å². The number of nitrogens with one attached hydrogen (secondary N) is 2. The number of nitrogens with zero attached hydrogens (tertiary/aromatic N) is 2. The van der Waals surface area contributed by atoms with Gasteiger partial charge >= 0.3 is 0 Å². The largest absolute Gasteiger partial charge is 0.432 e. The molecule has 0 fully saturated rings. The molecule has 3 heterocycles. The summed E-state index contributed by atoms with van der Waals surface area (Å²) in [6.45, 7) is 3.48. The summed E-state index contributed by atoms with van der Waals surface area (Å²) in [6, 6.07) is 14.9. The molecule has 5 rings (SSSR count). The standard InChI is InChI=1S/C28H22Cl2N4O3/c1-3-23(35)27-26(33-24(36)4-2)21-12-20(15-5-8-18(29)9-6-15)25(34-28(21)37-27)19-10-7-16(11-22(19)30)17-13-31-32-14-17/h5-14H,3-4H2,1-2H3,(H,31,32)(H,33,36). The molecular formula is C28H22Cl2N4O3. The highest BCUT2D eigenvalue weighted by Gasteiger charge is 2.25. The van der Waals surface area contributed by atoms with E-state index in [-0.39, 0.29) is 36.0 Å². The Balaban J connectivity index is 1.77. The topological polar surface area (TPSA) is 101 Å². The van der Waals surface area contributed by atoms with Gasteiger partial charge in [0.05, 0.1) is 22.3 Å². The number of H-pyrrole nitrogens is 1. The molecule has 2 aromatic carbocycles. The zero-order chi connectivity index (χ0) is 26.1. The predicted octanol–water partition coefficient (Wildman–Crippen LogP) is 7.80. The molecular weight excluding hydrogens is 511 g/mol. The molecule has 186 valence electrons. The van der Waals surface area contributed by atoms with Crippen LogP contribution in [0.2, 0.25) is 10.0 Å². The van der Waals surface area contributed by atoms with Gasteiger partial charge in [-0.1, -0.05) is 61.3 Å². The summed E-state index contributed by atoms with van der Waals surface area (Å²) in [5.74, 6) is -0.392. The highest BCUT2D eigenvalue weighted by Crippen LogP contribution is 2.41. The van der Waals surface area contributed by atoms with Crippen LogP contribution in [0.1, 0.15) is 37.2 Å². The average molecular weight is 533 g/mol. The molecule has 0 radical (unpaired) electrons. The first-order valence-electron chi connectivity index (χ1n) is 11.7. The number of halogens is 2. The molecule has 0 unspecified atom stereocenters. The maximum atomic E-state index is 12.7. The molecule has 0 bridgehead atoms. The molecule has 1 amide bonds. The Labute approximate surface area is 222 Å². The van der Waals surface area contributed by atoms with Crippen LogP contribution in [0.3, 0.4) is 0 Å². The average Bonchev–Trinajstić information content (AvgIpc) is 3.56. The van der Waals surface area contributed by atoms with Gasteiger partial charge in [0, 0.05) is 40.8 Å². The number of hydrogen-bond donors (Lipinski definition) is 2. The van der Waals surface area contributed by atoms with Crippen LogP contribution in [0.5, 0.6) is 0 Å². The zero-order valence-electron chi connectivity index (χ0n) is 20.1. The fourth-order valence-corrected chi connectivity index (χ4v) is 4.48. The van der Waals surface area contributed by atoms with Crippen molar-refractivity contribution < 1.29 is 14.0 Å². The van der Waals surface area contributed by atoms with Gasteiger partial charge in [-0.25, -0.2) is 4.98 Å². The monoisotopic (exact) mass is 532 g/mol. The molecule has 0 saturated heterocycles. The summed E-state index contributed by atoms with van der Waals surface area (Å²) >= 11 is 12.9. The van der Waals surface area contributed by atoms with E-state index in [4.69, 9.17) is 32.6 Å². The quantitative estimate of drug-likeness (QED) is 0.208. The molecule has 9 heteroatoms. The van der Waals surface area contributed by atoms with Crippen LogP contribution in [-0.2, 0) is 4.79 Å². The Morgan fingerprint density at radius 1 is 0.946 bits per heavy atom. The number of carbonyl (C=O) groups excluding carboxylic acids is 2. The first kappa shape index (κ1) is 24.7. The third-order valence-electron chi connectivity index (χ3n) is 6.05. The summed E-state index contributed by atoms with van der Waals surface area (Å²) in [7, 11) is 0. The Morgan fingerprint density at radius 2 is 1.70 bits per heavy atom. The lowest BCUT2D eigenvalue weighted by atomic mass is 9.96. The summed E-state index contributed by atoms with van der Waals surface area (Å²) < 4.78 is 5.94. The highest BCUT2D eigenvalue weighted by molar-refractivity contribution is 6.34. The van der Waals surface area contributed by atoms with E-state index in [9.17, 15) is 9.59 Å². The second-order valence-corrected chi connectivity index (χ2v) is 9.25. The fraction of sp³-hybridized carbons (Fsp3) is 0.143. The Bertz CT molecular complexity index is 1620. The van der Waals surface area contributed by atoms with Crippen molar-refractivity contribution in [1.29, 1.82) is 0 Å². The number of furan rings is 1. The second-order valence-electron chi connectivity index (χ2n) is 8.41. The van der Waals surface area contributed by atoms with Crippen LogP contribution < -0.4 is 5.32 Å². The molecule has 7 nitrogen and oxygen atoms in total. The minimum Gasteiger partial charge on any atom is -0.432 e. The van der Waals surface area contributed by atoms with Gasteiger partial charge < -0.3 is 9.73 Å². The lowest BCUT2D eigenvalue weighted by molar-refractivity contribution is -0.115. The van der Waals surface area contributed by atoms with Crippen LogP contribution in [-0.4, -0.2) is 26.9 Å². The van der Waals surface area contributed by atoms with Gasteiger partial charge in [-0.15, -0.1) is 0 Å². The molecule has 0 spiro atoms. The first-order chi connectivity index (χ1) is 17.9. The molecule has 5 aromatic rings. The molecule has 0 aliphatic rings. The number of anilines is 1. The fourth-order valence-electron chi connectivity index (χ4n) is 4.08. The minimum atomic E-state index is -0.235. The van der Waals surface area contributed by atoms with E-state index < -0.39 is 0 Å². The molecule has 0 saturated carbocycles. The number of pyridine rings is 1. The molecule has 0 aliphatic carbocycles. The summed E-state index contributed by atoms with van der Waals surface area (Å²) in [6.07, 6.45) is 3.97. The van der Waals surface area contributed by atoms with Crippen molar-refractivity contribution in [2.45, 2.75) is 26.7 Å². The van der Waals surface area contributed by atoms with Crippen molar-refractivity contribution in [3.05, 3.63) is 76.7 Å². The number of carbonyl (C=O) groups is 2. The maximum absolute atomic E-state index is 12.7. The number of rotatable bonds is 7. The second kappa shape index (κ2) is 10.2. The summed E-state index contributed by atoms with van der Waals surface area (Å²) in [5.41, 5.74) is 5.17. The van der Waals surface area contributed by atoms with Crippen LogP contribution in [0.4, 0.5) is 5.69 Å². The van der Waals surface area contributed by atoms with Gasteiger partial charge in [-0.2, -0.15) is 5.10 Å². The maximum Gasteiger partial charge on any atom is 0.229 e. The number of amides is 1. The van der Waals surface area contributed by atoms with Gasteiger partial charge in [0.25, 0.3) is 0 Å². The van der Waals surface area contributed by atoms with E-state index in [1.807, 2.05) is 36.4 Å². The number of fused-ring (bicyclic) bond motifs is 1. The normalized spacial score (nSPS) is 11.1. The number of aromatic amines is 1. The van der Waals surface area contributed by atoms with E-state index in [0.29, 0.717) is 32.4 Å². The van der Waals surface area contributed by atoms with E-state index in [1.165, 1.54) is 0 Å². The number of Topliss-reactive ketones (excluding diaryl/α,β-unsaturated/α-hetero) is 1. The zero-order valence-corrected chi connectivity index (χ0v) is 21.6. The van der Waals surface area contributed by atoms with Gasteiger partial charge in [-0.3, -0.25) is 14.7 Å². The molecule has 0 atom stereocenters. The molecule has 37 heavy (non-hydrogen) atoms. The van der Waals surface area contributed by atoms with Gasteiger partial charge in [0.15, 0.2) is 11.5 Å². The van der Waals surface area contributed by atoms with Gasteiger partial charge in [0.1, 0.15) is 5.69 Å². The van der Waals surface area contributed by atoms with Crippen LogP contribution in [0.15, 0.2) is 65.3 Å². The molecule has 2 N–H and O–H groups in total. The summed E-state index contributed by atoms with van der Waals surface area (Å²) in [4.78, 5) is 29.8. The number of benzene rings is 2. The van der Waals surface area contributed by atoms with Crippen LogP contribution in [0, 0.1) is 0 Å². The lowest BCUT2D eigenvalue weighted by Gasteiger charge is -2.12. The predicted molar refractivity (Wildman–Crippen MR) is 146 cm³/mol. The lowest BCUT2D eigenvalue weighted by Crippen LogP contribution is -2.12. The third kappa shape index (κ3) is 4.75. The first-order valence-corrected chi connectivity index (χ1v) is 12.5. The Hall–Kier alpha value is -3.94. The SMILES string of the molecule is CCC(=O)Nc1c(C(=O)CC)oc2nc(-c3ccc(-c4cn[nH]c4)cc3Cl)c(-c3ccc(Cl)cc3)cc12. The smallest absolute Gasteiger partial charge is 0.229 e. The van der Waals surface area contributed by atoms with Crippen molar-refractivity contribution in [2.24, 2.45) is 0 Å². The Kier molecular flexibility index (Phi) is 6.82. The van der Waals surface area contributed by atoms with Crippen molar-refractivity contribution in [3.8, 4) is 33.5 Å². The molecule has 3 aromatic heterocycles. The van der Waals surface area contributed by atoms with E-state index >= 15 is 0 Å². The van der Waals surface area contributed by atoms with Crippen molar-refractivity contribution >= 4 is 51.7 Å². The molecule has 0 aliphatic heterocycles. The van der Waals surface area contributed by atoms with Crippen molar-refractivity contribution in [2.75, 3.05) is 5.32 Å².